The van der Waals surface area contributed by atoms with Crippen LogP contribution in [0.4, 0.5) is 5.82 Å². The molecule has 0 aliphatic carbocycles. The predicted octanol–water partition coefficient (Wildman–Crippen LogP) is 2.37. The summed E-state index contributed by atoms with van der Waals surface area (Å²) in [6.45, 7) is 10.1. The van der Waals surface area contributed by atoms with E-state index in [1.807, 2.05) is 6.92 Å². The van der Waals surface area contributed by atoms with Crippen LogP contribution in [-0.2, 0) is 0 Å². The van der Waals surface area contributed by atoms with E-state index in [0.29, 0.717) is 0 Å². The van der Waals surface area contributed by atoms with Crippen molar-refractivity contribution in [1.29, 1.82) is 0 Å². The zero-order chi connectivity index (χ0) is 13.7. The van der Waals surface area contributed by atoms with Crippen LogP contribution < -0.4 is 10.2 Å². The Morgan fingerprint density at radius 3 is 2.53 bits per heavy atom. The van der Waals surface area contributed by atoms with E-state index < -0.39 is 0 Å². The Labute approximate surface area is 114 Å². The molecule has 0 atom stereocenters. The highest BCUT2D eigenvalue weighted by atomic mass is 15.3. The molecule has 2 rings (SSSR count). The smallest absolute Gasteiger partial charge is 0.159 e. The molecule has 0 amide bonds. The van der Waals surface area contributed by atoms with E-state index >= 15 is 0 Å². The number of rotatable bonds is 6. The molecule has 0 saturated carbocycles. The van der Waals surface area contributed by atoms with Gasteiger partial charge in [0, 0.05) is 30.4 Å². The standard InChI is InChI=1S/C15H22N4/c1-4-16-10-11-19(5-2)15-14-9-7-6-8-13(14)12(3)17-18-15/h6-9,16H,4-5,10-11H2,1-3H3. The minimum atomic E-state index is 0.938. The molecule has 19 heavy (non-hydrogen) atoms. The van der Waals surface area contributed by atoms with Crippen LogP contribution in [0.1, 0.15) is 19.5 Å². The number of fused-ring (bicyclic) bond motifs is 1. The van der Waals surface area contributed by atoms with E-state index in [1.165, 1.54) is 10.8 Å². The van der Waals surface area contributed by atoms with Crippen molar-refractivity contribution in [3.63, 3.8) is 0 Å². The van der Waals surface area contributed by atoms with Crippen LogP contribution in [-0.4, -0.2) is 36.4 Å². The average Bonchev–Trinajstić information content (AvgIpc) is 2.45. The van der Waals surface area contributed by atoms with Crippen molar-refractivity contribution in [3.05, 3.63) is 30.0 Å². The summed E-state index contributed by atoms with van der Waals surface area (Å²) in [7, 11) is 0. The van der Waals surface area contributed by atoms with Crippen LogP contribution in [0.5, 0.6) is 0 Å². The maximum atomic E-state index is 4.40. The van der Waals surface area contributed by atoms with Gasteiger partial charge in [0.15, 0.2) is 5.82 Å². The number of likely N-dealkylation sites (N-methyl/N-ethyl adjacent to an activating group) is 2. The molecular formula is C15H22N4. The van der Waals surface area contributed by atoms with Crippen LogP contribution in [0.25, 0.3) is 10.8 Å². The third-order valence-corrected chi connectivity index (χ3v) is 3.34. The van der Waals surface area contributed by atoms with Crippen LogP contribution >= 0.6 is 0 Å². The SMILES string of the molecule is CCNCCN(CC)c1nnc(C)c2ccccc12. The normalized spacial score (nSPS) is 10.9. The molecule has 102 valence electrons. The van der Waals surface area contributed by atoms with Crippen LogP contribution in [0.2, 0.25) is 0 Å². The van der Waals surface area contributed by atoms with Crippen molar-refractivity contribution in [2.75, 3.05) is 31.1 Å². The van der Waals surface area contributed by atoms with Gasteiger partial charge in [-0.05, 0) is 20.4 Å². The largest absolute Gasteiger partial charge is 0.354 e. The molecule has 2 aromatic rings. The van der Waals surface area contributed by atoms with Gasteiger partial charge >= 0.3 is 0 Å². The number of benzene rings is 1. The first-order valence-corrected chi connectivity index (χ1v) is 6.95. The highest BCUT2D eigenvalue weighted by Gasteiger charge is 2.11. The highest BCUT2D eigenvalue weighted by molar-refractivity contribution is 5.93. The summed E-state index contributed by atoms with van der Waals surface area (Å²) in [6.07, 6.45) is 0. The summed E-state index contributed by atoms with van der Waals surface area (Å²) in [4.78, 5) is 2.28. The second kappa shape index (κ2) is 6.48. The van der Waals surface area contributed by atoms with E-state index in [4.69, 9.17) is 0 Å². The molecule has 1 aromatic carbocycles. The lowest BCUT2D eigenvalue weighted by Crippen LogP contribution is -2.32. The van der Waals surface area contributed by atoms with Gasteiger partial charge in [-0.15, -0.1) is 5.10 Å². The topological polar surface area (TPSA) is 41.0 Å². The molecule has 0 aliphatic heterocycles. The lowest BCUT2D eigenvalue weighted by Gasteiger charge is -2.23. The summed E-state index contributed by atoms with van der Waals surface area (Å²) in [6, 6.07) is 8.35. The minimum Gasteiger partial charge on any atom is -0.354 e. The van der Waals surface area contributed by atoms with Gasteiger partial charge in [-0.3, -0.25) is 0 Å². The molecule has 0 fully saturated rings. The minimum absolute atomic E-state index is 0.938. The van der Waals surface area contributed by atoms with Crippen molar-refractivity contribution in [2.24, 2.45) is 0 Å². The number of hydrogen-bond donors (Lipinski definition) is 1. The quantitative estimate of drug-likeness (QED) is 0.808. The van der Waals surface area contributed by atoms with E-state index in [9.17, 15) is 0 Å². The lowest BCUT2D eigenvalue weighted by atomic mass is 10.1. The van der Waals surface area contributed by atoms with Crippen LogP contribution in [0.15, 0.2) is 24.3 Å². The Bertz CT molecular complexity index is 539. The van der Waals surface area contributed by atoms with Crippen molar-refractivity contribution in [3.8, 4) is 0 Å². The molecule has 0 unspecified atom stereocenters. The first-order chi connectivity index (χ1) is 9.27. The molecule has 0 aliphatic rings. The van der Waals surface area contributed by atoms with E-state index in [-0.39, 0.29) is 0 Å². The van der Waals surface area contributed by atoms with Crippen molar-refractivity contribution >= 4 is 16.6 Å². The number of anilines is 1. The Balaban J connectivity index is 2.34. The molecule has 4 nitrogen and oxygen atoms in total. The first kappa shape index (κ1) is 13.7. The van der Waals surface area contributed by atoms with Crippen LogP contribution in [0, 0.1) is 6.92 Å². The molecule has 0 spiro atoms. The summed E-state index contributed by atoms with van der Waals surface area (Å²) in [5.74, 6) is 0.988. The van der Waals surface area contributed by atoms with E-state index in [2.05, 4.69) is 58.5 Å². The molecule has 1 aromatic heterocycles. The van der Waals surface area contributed by atoms with Crippen molar-refractivity contribution < 1.29 is 0 Å². The zero-order valence-corrected chi connectivity index (χ0v) is 12.0. The second-order valence-electron chi connectivity index (χ2n) is 4.59. The van der Waals surface area contributed by atoms with Gasteiger partial charge in [-0.2, -0.15) is 5.10 Å². The summed E-state index contributed by atoms with van der Waals surface area (Å²) in [5.41, 5.74) is 0.988. The van der Waals surface area contributed by atoms with E-state index in [0.717, 1.165) is 37.7 Å². The maximum Gasteiger partial charge on any atom is 0.159 e. The fourth-order valence-corrected chi connectivity index (χ4v) is 2.26. The summed E-state index contributed by atoms with van der Waals surface area (Å²) >= 11 is 0. The zero-order valence-electron chi connectivity index (χ0n) is 12.0. The summed E-state index contributed by atoms with van der Waals surface area (Å²) < 4.78 is 0. The molecule has 0 saturated heterocycles. The predicted molar refractivity (Wildman–Crippen MR) is 80.7 cm³/mol. The fourth-order valence-electron chi connectivity index (χ4n) is 2.26. The van der Waals surface area contributed by atoms with Crippen molar-refractivity contribution in [1.82, 2.24) is 15.5 Å². The highest BCUT2D eigenvalue weighted by Crippen LogP contribution is 2.24. The van der Waals surface area contributed by atoms with Crippen LogP contribution in [0.3, 0.4) is 0 Å². The maximum absolute atomic E-state index is 4.40. The van der Waals surface area contributed by atoms with Gasteiger partial charge in [-0.1, -0.05) is 31.2 Å². The molecular weight excluding hydrogens is 236 g/mol. The van der Waals surface area contributed by atoms with Gasteiger partial charge in [-0.25, -0.2) is 0 Å². The Hall–Kier alpha value is -1.68. The van der Waals surface area contributed by atoms with Gasteiger partial charge in [0.25, 0.3) is 0 Å². The average molecular weight is 258 g/mol. The first-order valence-electron chi connectivity index (χ1n) is 6.95. The monoisotopic (exact) mass is 258 g/mol. The number of aryl methyl sites for hydroxylation is 1. The van der Waals surface area contributed by atoms with E-state index in [1.54, 1.807) is 0 Å². The van der Waals surface area contributed by atoms with Gasteiger partial charge in [0.1, 0.15) is 0 Å². The Morgan fingerprint density at radius 1 is 1.11 bits per heavy atom. The third kappa shape index (κ3) is 3.01. The lowest BCUT2D eigenvalue weighted by molar-refractivity contribution is 0.682. The fraction of sp³-hybridized carbons (Fsp3) is 0.467. The molecule has 0 radical (unpaired) electrons. The Morgan fingerprint density at radius 2 is 1.84 bits per heavy atom. The molecule has 1 N–H and O–H groups in total. The molecule has 0 bridgehead atoms. The Kier molecular flexibility index (Phi) is 4.68. The molecule has 4 heteroatoms. The second-order valence-corrected chi connectivity index (χ2v) is 4.59. The number of nitrogens with one attached hydrogen (secondary N) is 1. The number of aromatic nitrogens is 2. The number of hydrogen-bond acceptors (Lipinski definition) is 4. The van der Waals surface area contributed by atoms with Gasteiger partial charge in [0.2, 0.25) is 0 Å². The third-order valence-electron chi connectivity index (χ3n) is 3.34. The number of nitrogens with zero attached hydrogens (tertiary/aromatic N) is 3. The van der Waals surface area contributed by atoms with Crippen molar-refractivity contribution in [2.45, 2.75) is 20.8 Å². The van der Waals surface area contributed by atoms with Gasteiger partial charge in [0.05, 0.1) is 5.69 Å². The van der Waals surface area contributed by atoms with Gasteiger partial charge < -0.3 is 10.2 Å². The summed E-state index contributed by atoms with van der Waals surface area (Å²) in [5, 5.41) is 14.4. The molecule has 1 heterocycles.